The fourth-order valence-electron chi connectivity index (χ4n) is 8.06. The van der Waals surface area contributed by atoms with Crippen molar-refractivity contribution in [3.63, 3.8) is 0 Å². The lowest BCUT2D eigenvalue weighted by molar-refractivity contribution is -0.143. The highest BCUT2D eigenvalue weighted by molar-refractivity contribution is 6.02. The van der Waals surface area contributed by atoms with Gasteiger partial charge in [-0.1, -0.05) is 77.0 Å². The molecule has 9 unspecified atom stereocenters. The average Bonchev–Trinajstić information content (AvgIpc) is 3.67. The standard InChI is InChI=1S/C36H43N3O6/c1-20(2)23-12-14-24(15-13-23)37-33(40)30-29-16-17-36(45-29)31(30)35(42)39(18-25-19-43-27-10-5-6-11-28(27)44-25)32(36)34(41)38-26-9-7-8-21(3)22(26)4/h5-6,10-17,20-22,25-26,29-32H,7-9,18-19H2,1-4H3,(H,37,40)(H,38,41). The van der Waals surface area contributed by atoms with Crippen LogP contribution in [0.15, 0.2) is 60.7 Å². The maximum absolute atomic E-state index is 14.5. The number of nitrogens with one attached hydrogen (secondary N) is 2. The van der Waals surface area contributed by atoms with Gasteiger partial charge < -0.3 is 29.7 Å². The van der Waals surface area contributed by atoms with Crippen LogP contribution < -0.4 is 20.1 Å². The SMILES string of the molecule is CC(C)c1ccc(NC(=O)C2C3C=CC4(O3)C2C(=O)N(CC2COc3ccccc3O2)C4C(=O)NC2CCCC(C)C2C)cc1. The summed E-state index contributed by atoms with van der Waals surface area (Å²) in [4.78, 5) is 44.3. The molecule has 45 heavy (non-hydrogen) atoms. The number of rotatable bonds is 7. The van der Waals surface area contributed by atoms with E-state index < -0.39 is 35.7 Å². The average molecular weight is 614 g/mol. The van der Waals surface area contributed by atoms with Crippen LogP contribution in [0, 0.1) is 23.7 Å². The predicted octanol–water partition coefficient (Wildman–Crippen LogP) is 4.68. The molecule has 2 N–H and O–H groups in total. The number of nitrogens with zero attached hydrogens (tertiary/aromatic N) is 1. The maximum atomic E-state index is 14.5. The van der Waals surface area contributed by atoms with Crippen LogP contribution in [-0.2, 0) is 19.1 Å². The van der Waals surface area contributed by atoms with Crippen LogP contribution in [-0.4, -0.2) is 65.7 Å². The first-order valence-corrected chi connectivity index (χ1v) is 16.4. The van der Waals surface area contributed by atoms with Gasteiger partial charge in [-0.05, 0) is 54.0 Å². The van der Waals surface area contributed by atoms with Crippen LogP contribution in [0.1, 0.15) is 58.4 Å². The molecule has 1 spiro atoms. The van der Waals surface area contributed by atoms with Gasteiger partial charge in [-0.2, -0.15) is 0 Å². The molecule has 0 aromatic heterocycles. The van der Waals surface area contributed by atoms with Gasteiger partial charge in [0.05, 0.1) is 24.5 Å². The summed E-state index contributed by atoms with van der Waals surface area (Å²) in [7, 11) is 0. The number of ether oxygens (including phenoxy) is 3. The van der Waals surface area contributed by atoms with E-state index in [9.17, 15) is 14.4 Å². The largest absolute Gasteiger partial charge is 0.486 e. The molecular formula is C36H43N3O6. The molecule has 1 saturated carbocycles. The Morgan fingerprint density at radius 1 is 1.02 bits per heavy atom. The minimum Gasteiger partial charge on any atom is -0.486 e. The summed E-state index contributed by atoms with van der Waals surface area (Å²) >= 11 is 0. The van der Waals surface area contributed by atoms with E-state index in [0.29, 0.717) is 34.9 Å². The molecule has 2 saturated heterocycles. The molecule has 5 aliphatic rings. The van der Waals surface area contributed by atoms with Crippen molar-refractivity contribution in [1.29, 1.82) is 0 Å². The van der Waals surface area contributed by atoms with Gasteiger partial charge >= 0.3 is 0 Å². The molecule has 238 valence electrons. The minimum absolute atomic E-state index is 0.00489. The number of para-hydroxylation sites is 2. The van der Waals surface area contributed by atoms with E-state index in [1.165, 1.54) is 5.56 Å². The minimum atomic E-state index is -1.24. The Labute approximate surface area is 264 Å². The quantitative estimate of drug-likeness (QED) is 0.440. The van der Waals surface area contributed by atoms with Gasteiger partial charge in [0.1, 0.15) is 18.2 Å². The zero-order chi connectivity index (χ0) is 31.5. The van der Waals surface area contributed by atoms with Crippen molar-refractivity contribution >= 4 is 23.4 Å². The topological polar surface area (TPSA) is 106 Å². The summed E-state index contributed by atoms with van der Waals surface area (Å²) in [5.41, 5.74) is 0.590. The Bertz CT molecular complexity index is 1510. The molecule has 9 atom stereocenters. The summed E-state index contributed by atoms with van der Waals surface area (Å²) in [6, 6.07) is 14.3. The molecule has 9 heteroatoms. The van der Waals surface area contributed by atoms with Gasteiger partial charge in [0.15, 0.2) is 17.6 Å². The van der Waals surface area contributed by atoms with Gasteiger partial charge in [-0.15, -0.1) is 0 Å². The zero-order valence-electron chi connectivity index (χ0n) is 26.4. The third kappa shape index (κ3) is 5.09. The Kier molecular flexibility index (Phi) is 7.63. The van der Waals surface area contributed by atoms with Crippen LogP contribution in [0.2, 0.25) is 0 Å². The summed E-state index contributed by atoms with van der Waals surface area (Å²) in [5.74, 6) is 0.00439. The first kappa shape index (κ1) is 29.8. The molecule has 1 aliphatic carbocycles. The number of carbonyl (C=O) groups excluding carboxylic acids is 3. The van der Waals surface area contributed by atoms with Crippen molar-refractivity contribution in [2.75, 3.05) is 18.5 Å². The van der Waals surface area contributed by atoms with Gasteiger partial charge in [-0.3, -0.25) is 14.4 Å². The molecular weight excluding hydrogens is 570 g/mol. The van der Waals surface area contributed by atoms with Crippen LogP contribution in [0.5, 0.6) is 11.5 Å². The van der Waals surface area contributed by atoms with Crippen LogP contribution in [0.25, 0.3) is 0 Å². The molecule has 3 fully saturated rings. The molecule has 2 bridgehead atoms. The first-order chi connectivity index (χ1) is 21.7. The highest BCUT2D eigenvalue weighted by Crippen LogP contribution is 2.55. The van der Waals surface area contributed by atoms with E-state index >= 15 is 0 Å². The smallest absolute Gasteiger partial charge is 0.246 e. The number of hydrogen-bond donors (Lipinski definition) is 2. The van der Waals surface area contributed by atoms with E-state index in [0.717, 1.165) is 19.3 Å². The van der Waals surface area contributed by atoms with Crippen molar-refractivity contribution in [3.05, 3.63) is 66.2 Å². The molecule has 0 radical (unpaired) electrons. The Morgan fingerprint density at radius 2 is 1.78 bits per heavy atom. The van der Waals surface area contributed by atoms with Crippen molar-refractivity contribution in [2.24, 2.45) is 23.7 Å². The fourth-order valence-corrected chi connectivity index (χ4v) is 8.06. The van der Waals surface area contributed by atoms with E-state index in [1.807, 2.05) is 60.7 Å². The highest BCUT2D eigenvalue weighted by Gasteiger charge is 2.73. The zero-order valence-corrected chi connectivity index (χ0v) is 26.4. The second kappa shape index (κ2) is 11.5. The molecule has 3 amide bonds. The summed E-state index contributed by atoms with van der Waals surface area (Å²) in [6.45, 7) is 9.02. The number of likely N-dealkylation sites (tertiary alicyclic amines) is 1. The molecule has 9 nitrogen and oxygen atoms in total. The number of fused-ring (bicyclic) bond motifs is 2. The summed E-state index contributed by atoms with van der Waals surface area (Å²) in [6.07, 6.45) is 5.69. The fraction of sp³-hybridized carbons (Fsp3) is 0.528. The third-order valence-corrected chi connectivity index (χ3v) is 10.8. The number of benzene rings is 2. The Balaban J connectivity index is 1.17. The number of hydrogen-bond acceptors (Lipinski definition) is 6. The Hall–Kier alpha value is -3.85. The lowest BCUT2D eigenvalue weighted by Gasteiger charge is -2.38. The van der Waals surface area contributed by atoms with Gasteiger partial charge in [0.25, 0.3) is 0 Å². The monoisotopic (exact) mass is 613 g/mol. The normalized spacial score (nSPS) is 34.6. The van der Waals surface area contributed by atoms with E-state index in [2.05, 4.69) is 38.3 Å². The summed E-state index contributed by atoms with van der Waals surface area (Å²) in [5, 5.41) is 6.34. The van der Waals surface area contributed by atoms with Crippen LogP contribution >= 0.6 is 0 Å². The lowest BCUT2D eigenvalue weighted by Crippen LogP contribution is -2.59. The number of carbonyl (C=O) groups is 3. The second-order valence-corrected chi connectivity index (χ2v) is 13.8. The van der Waals surface area contributed by atoms with E-state index in [1.54, 1.807) is 4.90 Å². The summed E-state index contributed by atoms with van der Waals surface area (Å²) < 4.78 is 18.8. The van der Waals surface area contributed by atoms with Crippen LogP contribution in [0.4, 0.5) is 5.69 Å². The van der Waals surface area contributed by atoms with Crippen molar-refractivity contribution in [3.8, 4) is 11.5 Å². The Morgan fingerprint density at radius 3 is 2.53 bits per heavy atom. The molecule has 2 aromatic rings. The lowest BCUT2D eigenvalue weighted by atomic mass is 9.73. The predicted molar refractivity (Wildman–Crippen MR) is 169 cm³/mol. The molecule has 4 heterocycles. The van der Waals surface area contributed by atoms with Crippen LogP contribution in [0.3, 0.4) is 0 Å². The third-order valence-electron chi connectivity index (χ3n) is 10.8. The van der Waals surface area contributed by atoms with Gasteiger partial charge in [0.2, 0.25) is 17.7 Å². The van der Waals surface area contributed by atoms with Gasteiger partial charge in [0, 0.05) is 11.7 Å². The molecule has 4 aliphatic heterocycles. The first-order valence-electron chi connectivity index (χ1n) is 16.4. The van der Waals surface area contributed by atoms with E-state index in [4.69, 9.17) is 14.2 Å². The number of anilines is 1. The van der Waals surface area contributed by atoms with Gasteiger partial charge in [-0.25, -0.2) is 0 Å². The van der Waals surface area contributed by atoms with Crippen molar-refractivity contribution < 1.29 is 28.6 Å². The molecule has 7 rings (SSSR count). The number of amides is 3. The second-order valence-electron chi connectivity index (χ2n) is 13.8. The van der Waals surface area contributed by atoms with Crippen molar-refractivity contribution in [1.82, 2.24) is 10.2 Å². The maximum Gasteiger partial charge on any atom is 0.246 e. The molecule has 2 aromatic carbocycles. The van der Waals surface area contributed by atoms with E-state index in [-0.39, 0.29) is 36.9 Å². The highest BCUT2D eigenvalue weighted by atomic mass is 16.6. The van der Waals surface area contributed by atoms with Crippen molar-refractivity contribution in [2.45, 2.75) is 82.8 Å².